The molecule has 1 aliphatic carbocycles. The fraction of sp³-hybridized carbons (Fsp3) is 0.909. The second kappa shape index (κ2) is 5.75. The summed E-state index contributed by atoms with van der Waals surface area (Å²) < 4.78 is 0. The molecule has 1 saturated carbocycles. The van der Waals surface area contributed by atoms with Gasteiger partial charge in [-0.05, 0) is 31.4 Å². The monoisotopic (exact) mass is 231 g/mol. The van der Waals surface area contributed by atoms with E-state index in [1.165, 1.54) is 6.42 Å². The highest BCUT2D eigenvalue weighted by molar-refractivity contribution is 7.99. The van der Waals surface area contributed by atoms with Crippen LogP contribution >= 0.6 is 11.8 Å². The van der Waals surface area contributed by atoms with E-state index in [9.17, 15) is 4.79 Å². The minimum atomic E-state index is -0.724. The van der Waals surface area contributed by atoms with Gasteiger partial charge in [-0.25, -0.2) is 0 Å². The Hall–Kier alpha value is -0.220. The van der Waals surface area contributed by atoms with E-state index in [0.29, 0.717) is 11.3 Å². The van der Waals surface area contributed by atoms with Crippen LogP contribution in [0.4, 0.5) is 0 Å². The Kier molecular flexibility index (Phi) is 4.93. The van der Waals surface area contributed by atoms with Crippen molar-refractivity contribution in [2.24, 2.45) is 5.92 Å². The van der Waals surface area contributed by atoms with Crippen LogP contribution < -0.4 is 5.32 Å². The molecule has 4 heteroatoms. The quantitative estimate of drug-likeness (QED) is 0.759. The van der Waals surface area contributed by atoms with Crippen LogP contribution in [-0.4, -0.2) is 34.7 Å². The first-order chi connectivity index (χ1) is 7.04. The van der Waals surface area contributed by atoms with E-state index in [-0.39, 0.29) is 5.92 Å². The fourth-order valence-corrected chi connectivity index (χ4v) is 2.90. The molecule has 0 aromatic carbocycles. The Morgan fingerprint density at radius 1 is 1.47 bits per heavy atom. The summed E-state index contributed by atoms with van der Waals surface area (Å²) in [6, 6.07) is 0.00144. The maximum Gasteiger partial charge on any atom is 0.320 e. The van der Waals surface area contributed by atoms with Gasteiger partial charge in [0.1, 0.15) is 6.04 Å². The summed E-state index contributed by atoms with van der Waals surface area (Å²) in [5.41, 5.74) is 0. The first-order valence-corrected chi connectivity index (χ1v) is 6.85. The van der Waals surface area contributed by atoms with Crippen LogP contribution in [0.2, 0.25) is 0 Å². The Morgan fingerprint density at radius 2 is 2.13 bits per heavy atom. The van der Waals surface area contributed by atoms with Gasteiger partial charge in [0.05, 0.1) is 0 Å². The highest BCUT2D eigenvalue weighted by atomic mass is 32.2. The van der Waals surface area contributed by atoms with Gasteiger partial charge in [-0.15, -0.1) is 0 Å². The Labute approximate surface area is 96.0 Å². The van der Waals surface area contributed by atoms with Gasteiger partial charge < -0.3 is 10.4 Å². The Balaban J connectivity index is 2.43. The molecule has 1 aliphatic rings. The largest absolute Gasteiger partial charge is 0.480 e. The van der Waals surface area contributed by atoms with Crippen molar-refractivity contribution in [1.82, 2.24) is 5.32 Å². The predicted octanol–water partition coefficient (Wildman–Crippen LogP) is 1.97. The van der Waals surface area contributed by atoms with Crippen LogP contribution in [0.5, 0.6) is 0 Å². The highest BCUT2D eigenvalue weighted by Crippen LogP contribution is 2.28. The van der Waals surface area contributed by atoms with Crippen molar-refractivity contribution in [1.29, 1.82) is 0 Å². The van der Waals surface area contributed by atoms with Gasteiger partial charge in [-0.3, -0.25) is 4.79 Å². The lowest BCUT2D eigenvalue weighted by molar-refractivity contribution is -0.140. The number of hydrogen-bond donors (Lipinski definition) is 2. The summed E-state index contributed by atoms with van der Waals surface area (Å²) in [6.07, 6.45) is 5.56. The van der Waals surface area contributed by atoms with Gasteiger partial charge in [0.15, 0.2) is 0 Å². The van der Waals surface area contributed by atoms with E-state index in [0.717, 1.165) is 12.8 Å². The van der Waals surface area contributed by atoms with Crippen LogP contribution in [0, 0.1) is 5.92 Å². The van der Waals surface area contributed by atoms with Crippen LogP contribution in [0.1, 0.15) is 33.1 Å². The molecule has 3 nitrogen and oxygen atoms in total. The predicted molar refractivity (Wildman–Crippen MR) is 64.3 cm³/mol. The molecule has 0 bridgehead atoms. The molecule has 3 unspecified atom stereocenters. The molecule has 0 saturated heterocycles. The Morgan fingerprint density at radius 3 is 2.53 bits per heavy atom. The van der Waals surface area contributed by atoms with Gasteiger partial charge in [0.2, 0.25) is 0 Å². The summed E-state index contributed by atoms with van der Waals surface area (Å²) >= 11 is 1.89. The first-order valence-electron chi connectivity index (χ1n) is 5.56. The molecule has 0 aliphatic heterocycles. The average Bonchev–Trinajstić information content (AvgIpc) is 2.60. The summed E-state index contributed by atoms with van der Waals surface area (Å²) in [4.78, 5) is 11.0. The third-order valence-corrected chi connectivity index (χ3v) is 4.16. The van der Waals surface area contributed by atoms with Crippen molar-refractivity contribution in [3.63, 3.8) is 0 Å². The van der Waals surface area contributed by atoms with Gasteiger partial charge in [-0.2, -0.15) is 11.8 Å². The number of carboxylic acids is 1. The smallest absolute Gasteiger partial charge is 0.320 e. The zero-order valence-electron chi connectivity index (χ0n) is 9.69. The molecule has 3 atom stereocenters. The van der Waals surface area contributed by atoms with Crippen LogP contribution in [0.15, 0.2) is 0 Å². The second-order valence-corrected chi connectivity index (χ2v) is 5.73. The highest BCUT2D eigenvalue weighted by Gasteiger charge is 2.29. The number of carbonyl (C=O) groups is 1. The molecule has 2 N–H and O–H groups in total. The maximum atomic E-state index is 11.0. The van der Waals surface area contributed by atoms with Crippen molar-refractivity contribution >= 4 is 17.7 Å². The summed E-state index contributed by atoms with van der Waals surface area (Å²) in [5.74, 6) is -0.576. The molecule has 0 amide bonds. The number of rotatable bonds is 5. The molecule has 0 aromatic heterocycles. The van der Waals surface area contributed by atoms with E-state index in [4.69, 9.17) is 5.11 Å². The van der Waals surface area contributed by atoms with Crippen molar-refractivity contribution in [2.45, 2.75) is 50.4 Å². The normalized spacial score (nSPS) is 28.3. The standard InChI is InChI=1S/C11H21NO2S/c1-7(2)10(11(13)14)12-8-4-5-9(6-8)15-3/h7-10,12H,4-6H2,1-3H3,(H,13,14). The lowest BCUT2D eigenvalue weighted by atomic mass is 10.0. The van der Waals surface area contributed by atoms with Gasteiger partial charge in [-0.1, -0.05) is 13.8 Å². The summed E-state index contributed by atoms with van der Waals surface area (Å²) in [5, 5.41) is 13.0. The lowest BCUT2D eigenvalue weighted by Gasteiger charge is -2.22. The molecule has 0 aromatic rings. The van der Waals surface area contributed by atoms with Crippen molar-refractivity contribution in [3.8, 4) is 0 Å². The van der Waals surface area contributed by atoms with E-state index >= 15 is 0 Å². The van der Waals surface area contributed by atoms with Crippen LogP contribution in [0.3, 0.4) is 0 Å². The summed E-state index contributed by atoms with van der Waals surface area (Å²) in [6.45, 7) is 3.90. The zero-order valence-corrected chi connectivity index (χ0v) is 10.5. The molecule has 0 radical (unpaired) electrons. The third kappa shape index (κ3) is 3.68. The SMILES string of the molecule is CSC1CCC(NC(C(=O)O)C(C)C)C1. The molecular formula is C11H21NO2S. The number of nitrogens with one attached hydrogen (secondary N) is 1. The molecular weight excluding hydrogens is 210 g/mol. The minimum absolute atomic E-state index is 0.149. The fourth-order valence-electron chi connectivity index (χ4n) is 2.11. The number of hydrogen-bond acceptors (Lipinski definition) is 3. The van der Waals surface area contributed by atoms with Crippen molar-refractivity contribution < 1.29 is 9.90 Å². The van der Waals surface area contributed by atoms with Gasteiger partial charge in [0.25, 0.3) is 0 Å². The molecule has 0 heterocycles. The third-order valence-electron chi connectivity index (χ3n) is 3.07. The van der Waals surface area contributed by atoms with E-state index in [2.05, 4.69) is 11.6 Å². The van der Waals surface area contributed by atoms with Gasteiger partial charge >= 0.3 is 5.97 Å². The van der Waals surface area contributed by atoms with E-state index in [1.54, 1.807) is 0 Å². The van der Waals surface area contributed by atoms with Crippen molar-refractivity contribution in [2.75, 3.05) is 6.26 Å². The zero-order chi connectivity index (χ0) is 11.4. The molecule has 0 spiro atoms. The van der Waals surface area contributed by atoms with E-state index < -0.39 is 12.0 Å². The summed E-state index contributed by atoms with van der Waals surface area (Å²) in [7, 11) is 0. The van der Waals surface area contributed by atoms with Crippen LogP contribution in [0.25, 0.3) is 0 Å². The number of thioether (sulfide) groups is 1. The lowest BCUT2D eigenvalue weighted by Crippen LogP contribution is -2.45. The first kappa shape index (κ1) is 12.8. The molecule has 15 heavy (non-hydrogen) atoms. The van der Waals surface area contributed by atoms with E-state index in [1.807, 2.05) is 25.6 Å². The number of aliphatic carboxylic acids is 1. The number of carboxylic acid groups (broad SMARTS) is 1. The molecule has 1 fully saturated rings. The van der Waals surface area contributed by atoms with Crippen molar-refractivity contribution in [3.05, 3.63) is 0 Å². The minimum Gasteiger partial charge on any atom is -0.480 e. The molecule has 1 rings (SSSR count). The van der Waals surface area contributed by atoms with Crippen LogP contribution in [-0.2, 0) is 4.79 Å². The van der Waals surface area contributed by atoms with Gasteiger partial charge in [0, 0.05) is 11.3 Å². The maximum absolute atomic E-state index is 11.0. The second-order valence-electron chi connectivity index (χ2n) is 4.59. The Bertz CT molecular complexity index is 221. The topological polar surface area (TPSA) is 49.3 Å². The average molecular weight is 231 g/mol. The molecule has 88 valence electrons.